The van der Waals surface area contributed by atoms with Crippen molar-refractivity contribution in [3.05, 3.63) is 36.0 Å². The largest absolute Gasteiger partial charge is 0.0842 e. The lowest BCUT2D eigenvalue weighted by Crippen LogP contribution is -2.27. The summed E-state index contributed by atoms with van der Waals surface area (Å²) >= 11 is 0. The summed E-state index contributed by atoms with van der Waals surface area (Å²) in [6, 6.07) is 0. The van der Waals surface area contributed by atoms with Gasteiger partial charge in [0.05, 0.1) is 0 Å². The van der Waals surface area contributed by atoms with Crippen LogP contribution in [0.2, 0.25) is 0 Å². The Hall–Kier alpha value is -0.780. The summed E-state index contributed by atoms with van der Waals surface area (Å²) in [5, 5.41) is 0. The Morgan fingerprint density at radius 1 is 1.05 bits per heavy atom. The average molecular weight is 262 g/mol. The van der Waals surface area contributed by atoms with Crippen LogP contribution in [0.3, 0.4) is 0 Å². The molecule has 0 amide bonds. The van der Waals surface area contributed by atoms with E-state index in [-0.39, 0.29) is 0 Å². The Kier molecular flexibility index (Phi) is 9.65. The molecule has 0 saturated carbocycles. The minimum Gasteiger partial charge on any atom is -0.0842 e. The highest BCUT2D eigenvalue weighted by molar-refractivity contribution is 5.29. The molecule has 1 atom stereocenters. The first kappa shape index (κ1) is 18.2. The third kappa shape index (κ3) is 5.38. The van der Waals surface area contributed by atoms with Gasteiger partial charge in [-0.1, -0.05) is 84.8 Å². The summed E-state index contributed by atoms with van der Waals surface area (Å²) in [5.41, 5.74) is 1.97. The van der Waals surface area contributed by atoms with E-state index in [9.17, 15) is 0 Å². The molecule has 0 aliphatic heterocycles. The van der Waals surface area contributed by atoms with Gasteiger partial charge in [0.25, 0.3) is 0 Å². The number of allylic oxidation sites excluding steroid dienone is 6. The first-order chi connectivity index (χ1) is 9.18. The molecule has 1 rings (SSSR count). The van der Waals surface area contributed by atoms with Crippen LogP contribution in [0.1, 0.15) is 73.6 Å². The van der Waals surface area contributed by atoms with Crippen LogP contribution >= 0.6 is 0 Å². The van der Waals surface area contributed by atoms with E-state index in [1.54, 1.807) is 0 Å². The van der Waals surface area contributed by atoms with Gasteiger partial charge in [-0.25, -0.2) is 0 Å². The maximum Gasteiger partial charge on any atom is -0.0111 e. The van der Waals surface area contributed by atoms with Gasteiger partial charge in [-0.3, -0.25) is 0 Å². The molecule has 1 aliphatic carbocycles. The number of hydrogen-bond donors (Lipinski definition) is 0. The van der Waals surface area contributed by atoms with E-state index in [1.807, 2.05) is 13.8 Å². The van der Waals surface area contributed by atoms with Crippen molar-refractivity contribution in [2.45, 2.75) is 73.6 Å². The summed E-state index contributed by atoms with van der Waals surface area (Å²) in [6.45, 7) is 13.4. The molecule has 0 heterocycles. The zero-order valence-electron chi connectivity index (χ0n) is 14.0. The topological polar surface area (TPSA) is 0 Å². The maximum atomic E-state index is 2.44. The van der Waals surface area contributed by atoms with Crippen molar-refractivity contribution in [1.29, 1.82) is 0 Å². The molecular weight excluding hydrogens is 228 g/mol. The standard InChI is InChI=1S/C17H28.C2H6/c1-5-16(17(4,6-2)7-3)15-13-11-9-8-10-12-14-15;1-2/h9,11-14,16H,5-8,10H2,1-4H3;1-2H3/b11-9+,14-12+,15-13+;. The molecule has 0 bridgehead atoms. The van der Waals surface area contributed by atoms with E-state index in [0.29, 0.717) is 11.3 Å². The Morgan fingerprint density at radius 3 is 2.16 bits per heavy atom. The molecule has 0 aromatic heterocycles. The highest BCUT2D eigenvalue weighted by Gasteiger charge is 2.31. The van der Waals surface area contributed by atoms with Gasteiger partial charge >= 0.3 is 0 Å². The van der Waals surface area contributed by atoms with Gasteiger partial charge in [0.15, 0.2) is 0 Å². The minimum absolute atomic E-state index is 0.442. The van der Waals surface area contributed by atoms with Crippen molar-refractivity contribution in [2.24, 2.45) is 11.3 Å². The Morgan fingerprint density at radius 2 is 1.63 bits per heavy atom. The van der Waals surface area contributed by atoms with Crippen LogP contribution in [0.15, 0.2) is 36.0 Å². The van der Waals surface area contributed by atoms with Gasteiger partial charge in [0, 0.05) is 0 Å². The molecule has 0 spiro atoms. The zero-order valence-corrected chi connectivity index (χ0v) is 14.0. The van der Waals surface area contributed by atoms with Crippen molar-refractivity contribution in [3.63, 3.8) is 0 Å². The van der Waals surface area contributed by atoms with Crippen molar-refractivity contribution in [3.8, 4) is 0 Å². The van der Waals surface area contributed by atoms with Gasteiger partial charge in [-0.15, -0.1) is 0 Å². The summed E-state index contributed by atoms with van der Waals surface area (Å²) < 4.78 is 0. The first-order valence-corrected chi connectivity index (χ1v) is 8.21. The van der Waals surface area contributed by atoms with Crippen LogP contribution in [0.5, 0.6) is 0 Å². The molecule has 0 fully saturated rings. The fraction of sp³-hybridized carbons (Fsp3) is 0.684. The molecule has 0 saturated heterocycles. The summed E-state index contributed by atoms with van der Waals surface area (Å²) in [4.78, 5) is 0. The van der Waals surface area contributed by atoms with Gasteiger partial charge in [0.1, 0.15) is 0 Å². The van der Waals surface area contributed by atoms with Crippen molar-refractivity contribution < 1.29 is 0 Å². The second-order valence-electron chi connectivity index (χ2n) is 5.40. The molecule has 0 nitrogen and oxygen atoms in total. The van der Waals surface area contributed by atoms with Crippen LogP contribution in [0.25, 0.3) is 0 Å². The first-order valence-electron chi connectivity index (χ1n) is 8.21. The molecule has 19 heavy (non-hydrogen) atoms. The average Bonchev–Trinajstić information content (AvgIpc) is 2.43. The van der Waals surface area contributed by atoms with E-state index in [1.165, 1.54) is 37.7 Å². The fourth-order valence-corrected chi connectivity index (χ4v) is 2.85. The number of hydrogen-bond acceptors (Lipinski definition) is 0. The van der Waals surface area contributed by atoms with Gasteiger partial charge in [-0.05, 0) is 36.2 Å². The maximum absolute atomic E-state index is 2.44. The predicted octanol–water partition coefficient (Wildman–Crippen LogP) is 6.70. The minimum atomic E-state index is 0.442. The molecule has 110 valence electrons. The van der Waals surface area contributed by atoms with Crippen LogP contribution in [0, 0.1) is 11.3 Å². The molecule has 1 unspecified atom stereocenters. The van der Waals surface area contributed by atoms with Crippen LogP contribution in [-0.4, -0.2) is 0 Å². The second kappa shape index (κ2) is 10.1. The highest BCUT2D eigenvalue weighted by atomic mass is 14.4. The predicted molar refractivity (Wildman–Crippen MR) is 89.4 cm³/mol. The normalized spacial score (nSPS) is 22.9. The van der Waals surface area contributed by atoms with E-state index in [0.717, 1.165) is 0 Å². The van der Waals surface area contributed by atoms with Crippen molar-refractivity contribution >= 4 is 0 Å². The van der Waals surface area contributed by atoms with Gasteiger partial charge in [0.2, 0.25) is 0 Å². The zero-order chi connectivity index (χ0) is 14.7. The van der Waals surface area contributed by atoms with Crippen LogP contribution in [-0.2, 0) is 0 Å². The van der Waals surface area contributed by atoms with E-state index in [2.05, 4.69) is 58.1 Å². The Balaban J connectivity index is 0.00000154. The smallest absolute Gasteiger partial charge is 0.0111 e. The molecule has 0 aromatic rings. The summed E-state index contributed by atoms with van der Waals surface area (Å²) in [6.07, 6.45) is 17.7. The quantitative estimate of drug-likeness (QED) is 0.517. The van der Waals surface area contributed by atoms with E-state index < -0.39 is 0 Å². The van der Waals surface area contributed by atoms with E-state index in [4.69, 9.17) is 0 Å². The fourth-order valence-electron chi connectivity index (χ4n) is 2.85. The number of rotatable bonds is 5. The van der Waals surface area contributed by atoms with Crippen molar-refractivity contribution in [1.82, 2.24) is 0 Å². The van der Waals surface area contributed by atoms with Gasteiger partial charge in [-0.2, -0.15) is 0 Å². The third-order valence-electron chi connectivity index (χ3n) is 4.50. The molecule has 0 aromatic carbocycles. The van der Waals surface area contributed by atoms with E-state index >= 15 is 0 Å². The summed E-state index contributed by atoms with van der Waals surface area (Å²) in [5.74, 6) is 0.691. The van der Waals surface area contributed by atoms with Gasteiger partial charge < -0.3 is 0 Å². The Bertz CT molecular complexity index is 300. The van der Waals surface area contributed by atoms with Crippen LogP contribution in [0.4, 0.5) is 0 Å². The monoisotopic (exact) mass is 262 g/mol. The lowest BCUT2D eigenvalue weighted by atomic mass is 9.68. The van der Waals surface area contributed by atoms with Crippen molar-refractivity contribution in [2.75, 3.05) is 0 Å². The molecule has 1 aliphatic rings. The summed E-state index contributed by atoms with van der Waals surface area (Å²) in [7, 11) is 0. The molecule has 0 heteroatoms. The highest BCUT2D eigenvalue weighted by Crippen LogP contribution is 2.41. The SMILES string of the molecule is CC.CCC(C1=C/C=C/CC\C=C\1)C(C)(CC)CC. The molecule has 0 N–H and O–H groups in total. The molecule has 0 radical (unpaired) electrons. The Labute approximate surface area is 121 Å². The van der Waals surface area contributed by atoms with Crippen LogP contribution < -0.4 is 0 Å². The second-order valence-corrected chi connectivity index (χ2v) is 5.40. The third-order valence-corrected chi connectivity index (χ3v) is 4.50. The molecular formula is C19H34. The lowest BCUT2D eigenvalue weighted by molar-refractivity contribution is 0.196. The lowest BCUT2D eigenvalue weighted by Gasteiger charge is -2.37.